The van der Waals surface area contributed by atoms with Crippen LogP contribution in [0.5, 0.6) is 5.75 Å². The minimum absolute atomic E-state index is 0. The van der Waals surface area contributed by atoms with Crippen molar-refractivity contribution in [1.82, 2.24) is 10.6 Å². The van der Waals surface area contributed by atoms with Crippen LogP contribution in [0.1, 0.15) is 24.9 Å². The molecule has 2 unspecified atom stereocenters. The fourth-order valence-electron chi connectivity index (χ4n) is 3.13. The molecule has 1 saturated heterocycles. The molecule has 146 valence electrons. The SMILES string of the molecule is COc1ccccc1-c1ccc(C(C)NC(=O)C2CC(F)(F)CN2)cc1.Cl. The third-order valence-electron chi connectivity index (χ3n) is 4.61. The summed E-state index contributed by atoms with van der Waals surface area (Å²) in [5, 5.41) is 5.37. The van der Waals surface area contributed by atoms with Gasteiger partial charge in [-0.15, -0.1) is 12.4 Å². The average molecular weight is 397 g/mol. The highest BCUT2D eigenvalue weighted by atomic mass is 35.5. The van der Waals surface area contributed by atoms with Gasteiger partial charge in [0.25, 0.3) is 5.92 Å². The Morgan fingerprint density at radius 2 is 1.89 bits per heavy atom. The number of benzene rings is 2. The lowest BCUT2D eigenvalue weighted by atomic mass is 10.0. The van der Waals surface area contributed by atoms with Crippen LogP contribution < -0.4 is 15.4 Å². The summed E-state index contributed by atoms with van der Waals surface area (Å²) in [5.41, 5.74) is 2.89. The molecule has 27 heavy (non-hydrogen) atoms. The summed E-state index contributed by atoms with van der Waals surface area (Å²) >= 11 is 0. The summed E-state index contributed by atoms with van der Waals surface area (Å²) < 4.78 is 31.8. The van der Waals surface area contributed by atoms with E-state index in [9.17, 15) is 13.6 Å². The molecule has 0 aromatic heterocycles. The minimum Gasteiger partial charge on any atom is -0.496 e. The first-order valence-electron chi connectivity index (χ1n) is 8.54. The molecule has 2 aromatic carbocycles. The second-order valence-corrected chi connectivity index (χ2v) is 6.55. The van der Waals surface area contributed by atoms with Crippen LogP contribution >= 0.6 is 12.4 Å². The van der Waals surface area contributed by atoms with Gasteiger partial charge in [0.05, 0.1) is 25.7 Å². The van der Waals surface area contributed by atoms with Crippen LogP contribution in [0, 0.1) is 0 Å². The molecule has 1 fully saturated rings. The molecular weight excluding hydrogens is 374 g/mol. The molecule has 0 spiro atoms. The molecule has 0 bridgehead atoms. The number of ether oxygens (including phenoxy) is 1. The Hall–Kier alpha value is -2.18. The van der Waals surface area contributed by atoms with E-state index < -0.39 is 30.8 Å². The van der Waals surface area contributed by atoms with Gasteiger partial charge >= 0.3 is 0 Å². The highest BCUT2D eigenvalue weighted by Gasteiger charge is 2.42. The summed E-state index contributed by atoms with van der Waals surface area (Å²) in [6, 6.07) is 14.4. The van der Waals surface area contributed by atoms with E-state index in [1.54, 1.807) is 7.11 Å². The second-order valence-electron chi connectivity index (χ2n) is 6.55. The molecule has 1 heterocycles. The van der Waals surface area contributed by atoms with Crippen LogP contribution in [0.15, 0.2) is 48.5 Å². The minimum atomic E-state index is -2.82. The van der Waals surface area contributed by atoms with Crippen LogP contribution in [-0.2, 0) is 4.79 Å². The zero-order chi connectivity index (χ0) is 18.7. The Morgan fingerprint density at radius 1 is 1.22 bits per heavy atom. The fourth-order valence-corrected chi connectivity index (χ4v) is 3.13. The molecule has 7 heteroatoms. The van der Waals surface area contributed by atoms with E-state index in [1.165, 1.54) is 0 Å². The van der Waals surface area contributed by atoms with Gasteiger partial charge in [0.2, 0.25) is 5.91 Å². The third-order valence-corrected chi connectivity index (χ3v) is 4.61. The first-order chi connectivity index (χ1) is 12.4. The van der Waals surface area contributed by atoms with Gasteiger partial charge in [-0.3, -0.25) is 10.1 Å². The molecule has 2 atom stereocenters. The predicted molar refractivity (Wildman–Crippen MR) is 104 cm³/mol. The molecule has 3 rings (SSSR count). The van der Waals surface area contributed by atoms with Crippen LogP contribution in [0.25, 0.3) is 11.1 Å². The number of rotatable bonds is 5. The van der Waals surface area contributed by atoms with Gasteiger partial charge in [0, 0.05) is 12.0 Å². The number of alkyl halides is 2. The third kappa shape index (κ3) is 4.96. The Morgan fingerprint density at radius 3 is 2.48 bits per heavy atom. The molecule has 1 aliphatic heterocycles. The molecule has 0 saturated carbocycles. The van der Waals surface area contributed by atoms with E-state index in [2.05, 4.69) is 10.6 Å². The van der Waals surface area contributed by atoms with Crippen molar-refractivity contribution in [2.24, 2.45) is 0 Å². The Balaban J connectivity index is 0.00000261. The van der Waals surface area contributed by atoms with Gasteiger partial charge in [-0.2, -0.15) is 0 Å². The lowest BCUT2D eigenvalue weighted by molar-refractivity contribution is -0.124. The molecule has 1 amide bonds. The van der Waals surface area contributed by atoms with Gasteiger partial charge in [-0.25, -0.2) is 8.78 Å². The van der Waals surface area contributed by atoms with Crippen molar-refractivity contribution in [3.63, 3.8) is 0 Å². The van der Waals surface area contributed by atoms with Crippen molar-refractivity contribution in [3.8, 4) is 16.9 Å². The van der Waals surface area contributed by atoms with Gasteiger partial charge < -0.3 is 10.1 Å². The topological polar surface area (TPSA) is 50.4 Å². The normalized spacial score (nSPS) is 19.0. The summed E-state index contributed by atoms with van der Waals surface area (Å²) in [7, 11) is 1.63. The van der Waals surface area contributed by atoms with E-state index in [0.29, 0.717) is 0 Å². The van der Waals surface area contributed by atoms with E-state index in [-0.39, 0.29) is 18.4 Å². The summed E-state index contributed by atoms with van der Waals surface area (Å²) in [5.74, 6) is -2.43. The largest absolute Gasteiger partial charge is 0.496 e. The number of hydrogen-bond donors (Lipinski definition) is 2. The number of halogens is 3. The maximum atomic E-state index is 13.2. The highest BCUT2D eigenvalue weighted by Crippen LogP contribution is 2.30. The van der Waals surface area contributed by atoms with Gasteiger partial charge in [-0.1, -0.05) is 42.5 Å². The van der Waals surface area contributed by atoms with Crippen LogP contribution in [0.4, 0.5) is 8.78 Å². The standard InChI is InChI=1S/C20H22F2N2O2.ClH/c1-13(24-19(25)17-11-20(21,22)12-23-17)14-7-9-15(10-8-14)16-5-3-4-6-18(16)26-2;/h3-10,13,17,23H,11-12H2,1-2H3,(H,24,25);1H. The van der Waals surface area contributed by atoms with Gasteiger partial charge in [0.15, 0.2) is 0 Å². The summed E-state index contributed by atoms with van der Waals surface area (Å²) in [6.45, 7) is 1.39. The van der Waals surface area contributed by atoms with Crippen molar-refractivity contribution in [3.05, 3.63) is 54.1 Å². The predicted octanol–water partition coefficient (Wildman–Crippen LogP) is 3.96. The molecule has 2 N–H and O–H groups in total. The van der Waals surface area contributed by atoms with Crippen molar-refractivity contribution in [1.29, 1.82) is 0 Å². The maximum Gasteiger partial charge on any atom is 0.262 e. The van der Waals surface area contributed by atoms with Crippen molar-refractivity contribution < 1.29 is 18.3 Å². The van der Waals surface area contributed by atoms with Crippen molar-refractivity contribution in [2.45, 2.75) is 31.4 Å². The quantitative estimate of drug-likeness (QED) is 0.804. The number of carbonyl (C=O) groups excluding carboxylic acids is 1. The van der Waals surface area contributed by atoms with Crippen molar-refractivity contribution in [2.75, 3.05) is 13.7 Å². The molecule has 2 aromatic rings. The van der Waals surface area contributed by atoms with Gasteiger partial charge in [0.1, 0.15) is 5.75 Å². The first-order valence-corrected chi connectivity index (χ1v) is 8.54. The Bertz CT molecular complexity index is 784. The number of para-hydroxylation sites is 1. The van der Waals surface area contributed by atoms with Crippen LogP contribution in [-0.4, -0.2) is 31.5 Å². The van der Waals surface area contributed by atoms with E-state index in [0.717, 1.165) is 22.4 Å². The zero-order valence-corrected chi connectivity index (χ0v) is 16.0. The number of hydrogen-bond acceptors (Lipinski definition) is 3. The summed E-state index contributed by atoms with van der Waals surface area (Å²) in [4.78, 5) is 12.2. The summed E-state index contributed by atoms with van der Waals surface area (Å²) in [6.07, 6.45) is -0.460. The molecule has 1 aliphatic rings. The number of methoxy groups -OCH3 is 1. The van der Waals surface area contributed by atoms with Crippen LogP contribution in [0.2, 0.25) is 0 Å². The van der Waals surface area contributed by atoms with Crippen LogP contribution in [0.3, 0.4) is 0 Å². The average Bonchev–Trinajstić information content (AvgIpc) is 3.01. The number of nitrogens with one attached hydrogen (secondary N) is 2. The lowest BCUT2D eigenvalue weighted by Gasteiger charge is -2.18. The van der Waals surface area contributed by atoms with E-state index >= 15 is 0 Å². The molecule has 4 nitrogen and oxygen atoms in total. The van der Waals surface area contributed by atoms with Crippen molar-refractivity contribution >= 4 is 18.3 Å². The maximum absolute atomic E-state index is 13.2. The van der Waals surface area contributed by atoms with E-state index in [1.807, 2.05) is 55.5 Å². The van der Waals surface area contributed by atoms with Gasteiger partial charge in [-0.05, 0) is 24.1 Å². The molecular formula is C20H23ClF2N2O2. The fraction of sp³-hybridized carbons (Fsp3) is 0.350. The lowest BCUT2D eigenvalue weighted by Crippen LogP contribution is -2.41. The molecule has 0 aliphatic carbocycles. The highest BCUT2D eigenvalue weighted by molar-refractivity contribution is 5.85. The number of carbonyl (C=O) groups is 1. The zero-order valence-electron chi connectivity index (χ0n) is 15.2. The second kappa shape index (κ2) is 8.67. The van der Waals surface area contributed by atoms with E-state index in [4.69, 9.17) is 4.74 Å². The smallest absolute Gasteiger partial charge is 0.262 e. The monoisotopic (exact) mass is 396 g/mol. The first kappa shape index (κ1) is 21.1. The Kier molecular flexibility index (Phi) is 6.78. The number of amides is 1. The molecule has 0 radical (unpaired) electrons. The Labute approximate surface area is 163 Å².